The number of rotatable bonds is 14. The molecule has 1 N–H and O–H groups in total. The molecule has 3 heterocycles. The van der Waals surface area contributed by atoms with Crippen molar-refractivity contribution >= 4 is 23.4 Å². The average molecular weight is 600 g/mol. The van der Waals surface area contributed by atoms with Gasteiger partial charge < -0.3 is 24.5 Å². The minimum atomic E-state index is -1.16. The Morgan fingerprint density at radius 2 is 1.73 bits per heavy atom. The molecule has 2 aromatic carbocycles. The van der Waals surface area contributed by atoms with Crippen molar-refractivity contribution in [3.63, 3.8) is 0 Å². The van der Waals surface area contributed by atoms with Crippen LogP contribution >= 0.6 is 0 Å². The Balaban J connectivity index is 1.59. The molecule has 3 aliphatic rings. The smallest absolute Gasteiger partial charge is 0.248 e. The summed E-state index contributed by atoms with van der Waals surface area (Å²) in [6, 6.07) is 17.3. The SMILES string of the molecule is C=CCN(C(=O)[C@@H]1[C@H]2C(=O)N([C@@H](CO)Cc3ccccc3)C(C(=O)N(CC=C)C(C)CCC)C23CC[C@H]1O3)c1ccccc1. The first-order valence-corrected chi connectivity index (χ1v) is 15.9. The molecule has 7 atom stereocenters. The van der Waals surface area contributed by atoms with Crippen LogP contribution in [0.1, 0.15) is 45.1 Å². The normalized spacial score (nSPS) is 26.6. The zero-order valence-electron chi connectivity index (χ0n) is 25.9. The van der Waals surface area contributed by atoms with Crippen LogP contribution in [0.2, 0.25) is 0 Å². The van der Waals surface area contributed by atoms with Crippen LogP contribution in [-0.4, -0.2) is 82.2 Å². The van der Waals surface area contributed by atoms with Gasteiger partial charge in [0, 0.05) is 24.8 Å². The Morgan fingerprint density at radius 3 is 2.34 bits per heavy atom. The first-order valence-electron chi connectivity index (χ1n) is 15.9. The van der Waals surface area contributed by atoms with E-state index >= 15 is 0 Å². The van der Waals surface area contributed by atoms with Gasteiger partial charge in [0.15, 0.2) is 0 Å². The summed E-state index contributed by atoms with van der Waals surface area (Å²) in [6.07, 6.45) is 6.03. The Kier molecular flexibility index (Phi) is 9.71. The summed E-state index contributed by atoms with van der Waals surface area (Å²) >= 11 is 0. The number of nitrogens with zero attached hydrogens (tertiary/aromatic N) is 3. The van der Waals surface area contributed by atoms with Gasteiger partial charge in [0.05, 0.1) is 30.6 Å². The molecular weight excluding hydrogens is 554 g/mol. The molecule has 0 saturated carbocycles. The van der Waals surface area contributed by atoms with E-state index in [2.05, 4.69) is 20.1 Å². The molecule has 2 aromatic rings. The lowest BCUT2D eigenvalue weighted by Crippen LogP contribution is -2.60. The number of carbonyl (C=O) groups is 3. The Morgan fingerprint density at radius 1 is 1.07 bits per heavy atom. The number of anilines is 1. The Labute approximate surface area is 261 Å². The van der Waals surface area contributed by atoms with E-state index in [9.17, 15) is 19.5 Å². The van der Waals surface area contributed by atoms with Crippen molar-refractivity contribution in [2.75, 3.05) is 24.6 Å². The lowest BCUT2D eigenvalue weighted by Gasteiger charge is -2.41. The van der Waals surface area contributed by atoms with Crippen LogP contribution in [0.5, 0.6) is 0 Å². The van der Waals surface area contributed by atoms with Crippen molar-refractivity contribution in [3.05, 3.63) is 91.5 Å². The van der Waals surface area contributed by atoms with Gasteiger partial charge in [-0.05, 0) is 50.3 Å². The lowest BCUT2D eigenvalue weighted by atomic mass is 9.70. The van der Waals surface area contributed by atoms with Crippen LogP contribution in [0.3, 0.4) is 0 Å². The van der Waals surface area contributed by atoms with E-state index in [1.807, 2.05) is 67.6 Å². The van der Waals surface area contributed by atoms with E-state index < -0.39 is 35.6 Å². The molecule has 5 rings (SSSR count). The first-order chi connectivity index (χ1) is 21.3. The van der Waals surface area contributed by atoms with Crippen LogP contribution < -0.4 is 4.90 Å². The fourth-order valence-electron chi connectivity index (χ4n) is 7.78. The molecule has 8 nitrogen and oxygen atoms in total. The third-order valence-electron chi connectivity index (χ3n) is 9.67. The van der Waals surface area contributed by atoms with Crippen molar-refractivity contribution in [1.82, 2.24) is 9.80 Å². The number of para-hydroxylation sites is 1. The summed E-state index contributed by atoms with van der Waals surface area (Å²) in [7, 11) is 0. The summed E-state index contributed by atoms with van der Waals surface area (Å²) in [6.45, 7) is 12.1. The van der Waals surface area contributed by atoms with Gasteiger partial charge >= 0.3 is 0 Å². The van der Waals surface area contributed by atoms with E-state index in [1.165, 1.54) is 0 Å². The number of aliphatic hydroxyl groups is 1. The predicted octanol–water partition coefficient (Wildman–Crippen LogP) is 4.39. The maximum absolute atomic E-state index is 14.8. The fourth-order valence-corrected chi connectivity index (χ4v) is 7.78. The molecule has 234 valence electrons. The van der Waals surface area contributed by atoms with Crippen molar-refractivity contribution in [2.24, 2.45) is 11.8 Å². The highest BCUT2D eigenvalue weighted by molar-refractivity contribution is 6.03. The molecule has 3 unspecified atom stereocenters. The maximum Gasteiger partial charge on any atom is 0.248 e. The number of ether oxygens (including phenoxy) is 1. The van der Waals surface area contributed by atoms with Gasteiger partial charge in [-0.3, -0.25) is 14.4 Å². The molecule has 3 aliphatic heterocycles. The largest absolute Gasteiger partial charge is 0.394 e. The third kappa shape index (κ3) is 5.50. The van der Waals surface area contributed by atoms with E-state index in [1.54, 1.807) is 26.9 Å². The topological polar surface area (TPSA) is 90.4 Å². The number of aliphatic hydroxyl groups excluding tert-OH is 1. The summed E-state index contributed by atoms with van der Waals surface area (Å²) in [4.78, 5) is 48.9. The van der Waals surface area contributed by atoms with Crippen molar-refractivity contribution in [1.29, 1.82) is 0 Å². The standard InChI is InChI=1S/C36H45N3O5/c1-5-14-25(4)37(21-6-2)35(43)32-36-20-19-29(44-36)30(33(41)38(22-7-3)27-17-12-9-13-18-27)31(36)34(42)39(32)28(24-40)23-26-15-10-8-11-16-26/h6-13,15-18,25,28-32,40H,2-3,5,14,19-24H2,1,4H3/t25?,28-,29-,30+,31+,32?,36?/m1/s1. The van der Waals surface area contributed by atoms with Crippen LogP contribution in [0, 0.1) is 11.8 Å². The lowest BCUT2D eigenvalue weighted by molar-refractivity contribution is -0.152. The van der Waals surface area contributed by atoms with E-state index in [4.69, 9.17) is 4.74 Å². The van der Waals surface area contributed by atoms with Gasteiger partial charge in [-0.1, -0.05) is 74.0 Å². The van der Waals surface area contributed by atoms with Gasteiger partial charge in [0.25, 0.3) is 0 Å². The molecule has 44 heavy (non-hydrogen) atoms. The van der Waals surface area contributed by atoms with Gasteiger partial charge in [-0.2, -0.15) is 0 Å². The van der Waals surface area contributed by atoms with Crippen molar-refractivity contribution in [3.8, 4) is 0 Å². The van der Waals surface area contributed by atoms with Crippen LogP contribution in [-0.2, 0) is 25.5 Å². The molecule has 3 amide bonds. The second-order valence-corrected chi connectivity index (χ2v) is 12.3. The summed E-state index contributed by atoms with van der Waals surface area (Å²) < 4.78 is 6.74. The molecule has 3 saturated heterocycles. The second kappa shape index (κ2) is 13.5. The molecule has 2 bridgehead atoms. The van der Waals surface area contributed by atoms with E-state index in [-0.39, 0.29) is 36.9 Å². The van der Waals surface area contributed by atoms with Crippen molar-refractivity contribution < 1.29 is 24.2 Å². The quantitative estimate of drug-likeness (QED) is 0.326. The van der Waals surface area contributed by atoms with Gasteiger partial charge in [-0.15, -0.1) is 13.2 Å². The molecule has 0 aliphatic carbocycles. The Bertz CT molecular complexity index is 1350. The minimum absolute atomic E-state index is 0.0863. The summed E-state index contributed by atoms with van der Waals surface area (Å²) in [5.41, 5.74) is 0.499. The fraction of sp³-hybridized carbons (Fsp3) is 0.472. The highest BCUT2D eigenvalue weighted by Gasteiger charge is 2.75. The summed E-state index contributed by atoms with van der Waals surface area (Å²) in [5.74, 6) is -2.32. The Hall–Kier alpha value is -3.75. The number of likely N-dealkylation sites (tertiary alicyclic amines) is 1. The molecule has 1 spiro atoms. The monoisotopic (exact) mass is 599 g/mol. The van der Waals surface area contributed by atoms with Gasteiger partial charge in [-0.25, -0.2) is 0 Å². The first kappa shape index (κ1) is 31.7. The third-order valence-corrected chi connectivity index (χ3v) is 9.67. The number of hydrogen-bond donors (Lipinski definition) is 1. The predicted molar refractivity (Wildman–Crippen MR) is 171 cm³/mol. The number of hydrogen-bond acceptors (Lipinski definition) is 5. The number of amides is 3. The number of carbonyl (C=O) groups excluding carboxylic acids is 3. The van der Waals surface area contributed by atoms with Gasteiger partial charge in [0.2, 0.25) is 17.7 Å². The number of benzene rings is 2. The van der Waals surface area contributed by atoms with Crippen LogP contribution in [0.4, 0.5) is 5.69 Å². The average Bonchev–Trinajstić information content (AvgIpc) is 3.69. The minimum Gasteiger partial charge on any atom is -0.394 e. The summed E-state index contributed by atoms with van der Waals surface area (Å²) in [5, 5.41) is 10.8. The number of fused-ring (bicyclic) bond motifs is 1. The molecule has 0 aromatic heterocycles. The van der Waals surface area contributed by atoms with Crippen LogP contribution in [0.15, 0.2) is 86.0 Å². The maximum atomic E-state index is 14.8. The molecule has 3 fully saturated rings. The molecular formula is C36H45N3O5. The highest BCUT2D eigenvalue weighted by atomic mass is 16.5. The highest BCUT2D eigenvalue weighted by Crippen LogP contribution is 2.59. The molecule has 0 radical (unpaired) electrons. The zero-order chi connectivity index (χ0) is 31.4. The zero-order valence-corrected chi connectivity index (χ0v) is 25.9. The second-order valence-electron chi connectivity index (χ2n) is 12.3. The molecule has 8 heteroatoms. The van der Waals surface area contributed by atoms with Gasteiger partial charge in [0.1, 0.15) is 11.6 Å². The van der Waals surface area contributed by atoms with E-state index in [0.717, 1.165) is 18.4 Å². The van der Waals surface area contributed by atoms with E-state index in [0.29, 0.717) is 31.5 Å². The van der Waals surface area contributed by atoms with Crippen molar-refractivity contribution in [2.45, 2.75) is 75.8 Å². The van der Waals surface area contributed by atoms with Crippen LogP contribution in [0.25, 0.3) is 0 Å².